The fourth-order valence-corrected chi connectivity index (χ4v) is 3.70. The fraction of sp³-hybridized carbons (Fsp3) is 0.455. The molecule has 1 aliphatic carbocycles. The highest BCUT2D eigenvalue weighted by atomic mass is 79.9. The van der Waals surface area contributed by atoms with Crippen LogP contribution in [-0.4, -0.2) is 0 Å². The highest BCUT2D eigenvalue weighted by Gasteiger charge is 2.20. The Kier molecular flexibility index (Phi) is 3.56. The van der Waals surface area contributed by atoms with E-state index < -0.39 is 0 Å². The minimum Gasteiger partial charge on any atom is -0.118 e. The van der Waals surface area contributed by atoms with Gasteiger partial charge in [-0.3, -0.25) is 0 Å². The zero-order chi connectivity index (χ0) is 10.1. The first kappa shape index (κ1) is 11.0. The van der Waals surface area contributed by atoms with Gasteiger partial charge in [0.2, 0.25) is 0 Å². The predicted octanol–water partition coefficient (Wildman–Crippen LogP) is 5.22. The van der Waals surface area contributed by atoms with E-state index in [0.29, 0.717) is 0 Å². The summed E-state index contributed by atoms with van der Waals surface area (Å²) in [5, 5.41) is 0.166. The molecule has 0 radical (unpaired) electrons. The zero-order valence-electron chi connectivity index (χ0n) is 7.69. The van der Waals surface area contributed by atoms with Gasteiger partial charge in [-0.15, -0.1) is 11.6 Å². The topological polar surface area (TPSA) is 0 Å². The van der Waals surface area contributed by atoms with Crippen molar-refractivity contribution in [3.05, 3.63) is 32.2 Å². The lowest BCUT2D eigenvalue weighted by atomic mass is 10.0. The molecule has 0 spiro atoms. The molecule has 0 bridgehead atoms. The fourth-order valence-electron chi connectivity index (χ4n) is 1.97. The summed E-state index contributed by atoms with van der Waals surface area (Å²) in [5.41, 5.74) is 2.68. The smallest absolute Gasteiger partial charge is 0.0599 e. The van der Waals surface area contributed by atoms with Crippen LogP contribution < -0.4 is 0 Å². The average molecular weight is 338 g/mol. The van der Waals surface area contributed by atoms with Crippen LogP contribution in [0, 0.1) is 0 Å². The first-order valence-corrected chi connectivity index (χ1v) is 6.83. The Hall–Kier alpha value is 0.470. The normalized spacial score (nSPS) is 21.5. The van der Waals surface area contributed by atoms with Gasteiger partial charge < -0.3 is 0 Å². The molecule has 1 aliphatic rings. The van der Waals surface area contributed by atoms with E-state index in [1.807, 2.05) is 0 Å². The van der Waals surface area contributed by atoms with Gasteiger partial charge in [-0.2, -0.15) is 0 Å². The second kappa shape index (κ2) is 4.54. The van der Waals surface area contributed by atoms with Crippen LogP contribution in [0.25, 0.3) is 0 Å². The maximum atomic E-state index is 6.38. The maximum Gasteiger partial charge on any atom is 0.0599 e. The number of alkyl halides is 1. The second-order valence-corrected chi connectivity index (χ2v) is 5.87. The molecule has 0 amide bonds. The molecule has 2 rings (SSSR count). The lowest BCUT2D eigenvalue weighted by molar-refractivity contribution is 0.699. The lowest BCUT2D eigenvalue weighted by Crippen LogP contribution is -1.96. The van der Waals surface area contributed by atoms with E-state index in [0.717, 1.165) is 17.3 Å². The van der Waals surface area contributed by atoms with Crippen LogP contribution >= 0.6 is 43.5 Å². The minimum absolute atomic E-state index is 0.166. The zero-order valence-corrected chi connectivity index (χ0v) is 11.6. The van der Waals surface area contributed by atoms with Crippen LogP contribution in [0.1, 0.15) is 35.8 Å². The van der Waals surface area contributed by atoms with Crippen molar-refractivity contribution in [3.63, 3.8) is 0 Å². The van der Waals surface area contributed by atoms with Crippen LogP contribution in [-0.2, 0) is 6.42 Å². The Bertz CT molecular complexity index is 349. The number of hydrogen-bond acceptors (Lipinski definition) is 0. The van der Waals surface area contributed by atoms with Crippen molar-refractivity contribution in [2.24, 2.45) is 0 Å². The highest BCUT2D eigenvalue weighted by Crippen LogP contribution is 2.40. The maximum absolute atomic E-state index is 6.38. The average Bonchev–Trinajstić information content (AvgIpc) is 2.35. The molecule has 0 aliphatic heterocycles. The van der Waals surface area contributed by atoms with Crippen molar-refractivity contribution in [2.75, 3.05) is 0 Å². The summed E-state index contributed by atoms with van der Waals surface area (Å²) in [6.45, 7) is 0. The van der Waals surface area contributed by atoms with Gasteiger partial charge in [-0.1, -0.05) is 38.3 Å². The lowest BCUT2D eigenvalue weighted by Gasteiger charge is -2.14. The van der Waals surface area contributed by atoms with Gasteiger partial charge in [0.15, 0.2) is 0 Å². The Morgan fingerprint density at radius 1 is 1.14 bits per heavy atom. The third kappa shape index (κ3) is 2.02. The van der Waals surface area contributed by atoms with Crippen LogP contribution in [0.3, 0.4) is 0 Å². The van der Waals surface area contributed by atoms with Crippen molar-refractivity contribution in [2.45, 2.75) is 31.1 Å². The van der Waals surface area contributed by atoms with Gasteiger partial charge in [0.1, 0.15) is 0 Å². The molecule has 3 heteroatoms. The van der Waals surface area contributed by atoms with Crippen molar-refractivity contribution < 1.29 is 0 Å². The molecule has 0 aromatic heterocycles. The molecule has 1 atom stereocenters. The van der Waals surface area contributed by atoms with E-state index in [-0.39, 0.29) is 5.38 Å². The van der Waals surface area contributed by atoms with Crippen molar-refractivity contribution >= 4 is 43.5 Å². The van der Waals surface area contributed by atoms with Crippen LogP contribution in [0.2, 0.25) is 0 Å². The first-order chi connectivity index (χ1) is 6.70. The van der Waals surface area contributed by atoms with Crippen molar-refractivity contribution in [3.8, 4) is 0 Å². The summed E-state index contributed by atoms with van der Waals surface area (Å²) in [6, 6.07) is 4.17. The predicted molar refractivity (Wildman–Crippen MR) is 68.0 cm³/mol. The standard InChI is InChI=1S/C11H11Br2Cl/c12-8-5-6-9(13)11-7(8)3-1-2-4-10(11)14/h5-6,10H,1-4H2. The van der Waals surface area contributed by atoms with Crippen molar-refractivity contribution in [1.29, 1.82) is 0 Å². The molecule has 0 saturated carbocycles. The summed E-state index contributed by atoms with van der Waals surface area (Å²) in [6.07, 6.45) is 4.69. The van der Waals surface area contributed by atoms with Gasteiger partial charge in [0.25, 0.3) is 0 Å². The van der Waals surface area contributed by atoms with Gasteiger partial charge in [-0.25, -0.2) is 0 Å². The van der Waals surface area contributed by atoms with Gasteiger partial charge in [0, 0.05) is 8.95 Å². The SMILES string of the molecule is ClC1CCCCc2c(Br)ccc(Br)c21. The van der Waals surface area contributed by atoms with E-state index in [1.165, 1.54) is 28.4 Å². The van der Waals surface area contributed by atoms with E-state index in [4.69, 9.17) is 11.6 Å². The number of rotatable bonds is 0. The van der Waals surface area contributed by atoms with Crippen LogP contribution in [0.15, 0.2) is 21.1 Å². The largest absolute Gasteiger partial charge is 0.118 e. The molecule has 0 N–H and O–H groups in total. The molecular weight excluding hydrogens is 327 g/mol. The quantitative estimate of drug-likeness (QED) is 0.449. The molecule has 1 aromatic rings. The first-order valence-electron chi connectivity index (χ1n) is 4.81. The summed E-state index contributed by atoms with van der Waals surface area (Å²) < 4.78 is 2.35. The Morgan fingerprint density at radius 3 is 2.64 bits per heavy atom. The molecule has 0 saturated heterocycles. The summed E-state index contributed by atoms with van der Waals surface area (Å²) in [5.74, 6) is 0. The van der Waals surface area contributed by atoms with E-state index >= 15 is 0 Å². The second-order valence-electron chi connectivity index (χ2n) is 3.63. The van der Waals surface area contributed by atoms with Crippen molar-refractivity contribution in [1.82, 2.24) is 0 Å². The van der Waals surface area contributed by atoms with Gasteiger partial charge in [0.05, 0.1) is 5.38 Å². The third-order valence-corrected chi connectivity index (χ3v) is 4.57. The number of halogens is 3. The molecule has 0 heterocycles. The minimum atomic E-state index is 0.166. The Labute approximate surface area is 106 Å². The molecule has 1 aromatic carbocycles. The Balaban J connectivity index is 2.57. The van der Waals surface area contributed by atoms with E-state index in [2.05, 4.69) is 44.0 Å². The van der Waals surface area contributed by atoms with Gasteiger partial charge >= 0.3 is 0 Å². The molecular formula is C11H11Br2Cl. The monoisotopic (exact) mass is 336 g/mol. The van der Waals surface area contributed by atoms with Crippen LogP contribution in [0.4, 0.5) is 0 Å². The molecule has 0 fully saturated rings. The summed E-state index contributed by atoms with van der Waals surface area (Å²) in [7, 11) is 0. The number of hydrogen-bond donors (Lipinski definition) is 0. The Morgan fingerprint density at radius 2 is 1.86 bits per heavy atom. The van der Waals surface area contributed by atoms with Gasteiger partial charge in [-0.05, 0) is 42.5 Å². The molecule has 14 heavy (non-hydrogen) atoms. The molecule has 0 nitrogen and oxygen atoms in total. The highest BCUT2D eigenvalue weighted by molar-refractivity contribution is 9.11. The molecule has 1 unspecified atom stereocenters. The summed E-state index contributed by atoms with van der Waals surface area (Å²) in [4.78, 5) is 0. The number of benzene rings is 1. The molecule has 76 valence electrons. The summed E-state index contributed by atoms with van der Waals surface area (Å²) >= 11 is 13.6. The van der Waals surface area contributed by atoms with E-state index in [1.54, 1.807) is 0 Å². The van der Waals surface area contributed by atoms with Crippen LogP contribution in [0.5, 0.6) is 0 Å². The van der Waals surface area contributed by atoms with E-state index in [9.17, 15) is 0 Å². The number of fused-ring (bicyclic) bond motifs is 1. The third-order valence-electron chi connectivity index (χ3n) is 2.69.